The molecule has 0 radical (unpaired) electrons. The Morgan fingerprint density at radius 3 is 2.78 bits per heavy atom. The van der Waals surface area contributed by atoms with Crippen molar-refractivity contribution in [2.24, 2.45) is 12.8 Å². The van der Waals surface area contributed by atoms with E-state index in [1.807, 2.05) is 35.5 Å². The highest BCUT2D eigenvalue weighted by Gasteiger charge is 2.17. The predicted octanol–water partition coefficient (Wildman–Crippen LogP) is 1.92. The van der Waals surface area contributed by atoms with E-state index in [1.54, 1.807) is 0 Å². The zero-order chi connectivity index (χ0) is 13.1. The molecule has 0 aromatic carbocycles. The molecule has 0 bridgehead atoms. The van der Waals surface area contributed by atoms with Gasteiger partial charge in [-0.25, -0.2) is 0 Å². The van der Waals surface area contributed by atoms with Crippen LogP contribution in [0, 0.1) is 6.92 Å². The molecule has 2 rings (SSSR count). The zero-order valence-electron chi connectivity index (χ0n) is 11.1. The number of hydrogen-bond acceptors (Lipinski definition) is 4. The second-order valence-electron chi connectivity index (χ2n) is 4.64. The lowest BCUT2D eigenvalue weighted by Crippen LogP contribution is -2.29. The smallest absolute Gasteiger partial charge is 0.0564 e. The Hall–Kier alpha value is -1.17. The van der Waals surface area contributed by atoms with Gasteiger partial charge in [-0.15, -0.1) is 11.3 Å². The number of thiophene rings is 1. The molecule has 0 saturated carbocycles. The van der Waals surface area contributed by atoms with Gasteiger partial charge < -0.3 is 5.73 Å². The van der Waals surface area contributed by atoms with Crippen molar-refractivity contribution in [2.45, 2.75) is 19.5 Å². The third-order valence-electron chi connectivity index (χ3n) is 3.04. The first-order valence-electron chi connectivity index (χ1n) is 6.04. The van der Waals surface area contributed by atoms with Gasteiger partial charge in [0.25, 0.3) is 0 Å². The molecule has 1 atom stereocenters. The van der Waals surface area contributed by atoms with E-state index >= 15 is 0 Å². The first-order valence-corrected chi connectivity index (χ1v) is 6.86. The molecule has 4 nitrogen and oxygen atoms in total. The number of rotatable bonds is 5. The zero-order valence-corrected chi connectivity index (χ0v) is 11.9. The molecule has 2 aromatic rings. The van der Waals surface area contributed by atoms with Crippen LogP contribution in [0.4, 0.5) is 0 Å². The SMILES string of the molecule is Cc1ccc(C(CN)N(C)Cc2cnn(C)c2)s1. The van der Waals surface area contributed by atoms with Crippen molar-refractivity contribution in [3.05, 3.63) is 39.8 Å². The summed E-state index contributed by atoms with van der Waals surface area (Å²) in [6.45, 7) is 3.63. The number of aromatic nitrogens is 2. The summed E-state index contributed by atoms with van der Waals surface area (Å²) in [7, 11) is 4.05. The molecule has 0 aliphatic rings. The van der Waals surface area contributed by atoms with E-state index in [0.29, 0.717) is 6.54 Å². The monoisotopic (exact) mass is 264 g/mol. The number of hydrogen-bond donors (Lipinski definition) is 1. The van der Waals surface area contributed by atoms with Crippen LogP contribution in [0.5, 0.6) is 0 Å². The van der Waals surface area contributed by atoms with Crippen molar-refractivity contribution in [3.63, 3.8) is 0 Å². The van der Waals surface area contributed by atoms with E-state index in [1.165, 1.54) is 15.3 Å². The van der Waals surface area contributed by atoms with E-state index < -0.39 is 0 Å². The lowest BCUT2D eigenvalue weighted by atomic mass is 10.2. The van der Waals surface area contributed by atoms with Crippen molar-refractivity contribution >= 4 is 11.3 Å². The number of nitrogens with zero attached hydrogens (tertiary/aromatic N) is 3. The fourth-order valence-electron chi connectivity index (χ4n) is 2.10. The second-order valence-corrected chi connectivity index (χ2v) is 5.96. The minimum absolute atomic E-state index is 0.281. The molecule has 0 fully saturated rings. The minimum atomic E-state index is 0.281. The molecule has 98 valence electrons. The van der Waals surface area contributed by atoms with Crippen LogP contribution in [-0.4, -0.2) is 28.3 Å². The van der Waals surface area contributed by atoms with Gasteiger partial charge in [0, 0.05) is 41.7 Å². The van der Waals surface area contributed by atoms with Crippen LogP contribution in [0.25, 0.3) is 0 Å². The molecule has 0 aliphatic heterocycles. The fourth-order valence-corrected chi connectivity index (χ4v) is 3.15. The van der Waals surface area contributed by atoms with Crippen LogP contribution >= 0.6 is 11.3 Å². The van der Waals surface area contributed by atoms with Gasteiger partial charge in [0.2, 0.25) is 0 Å². The summed E-state index contributed by atoms with van der Waals surface area (Å²) in [6, 6.07) is 4.61. The Morgan fingerprint density at radius 2 is 2.28 bits per heavy atom. The molecule has 2 heterocycles. The Balaban J connectivity index is 2.08. The average molecular weight is 264 g/mol. The maximum absolute atomic E-state index is 5.92. The van der Waals surface area contributed by atoms with Gasteiger partial charge >= 0.3 is 0 Å². The van der Waals surface area contributed by atoms with Crippen LogP contribution < -0.4 is 5.73 Å². The number of likely N-dealkylation sites (N-methyl/N-ethyl adjacent to an activating group) is 1. The van der Waals surface area contributed by atoms with E-state index in [4.69, 9.17) is 5.73 Å². The molecule has 0 spiro atoms. The van der Waals surface area contributed by atoms with Crippen molar-refractivity contribution in [3.8, 4) is 0 Å². The number of nitrogens with two attached hydrogens (primary N) is 1. The summed E-state index contributed by atoms with van der Waals surface area (Å²) in [4.78, 5) is 4.95. The van der Waals surface area contributed by atoms with Crippen LogP contribution in [0.3, 0.4) is 0 Å². The Labute approximate surface area is 112 Å². The van der Waals surface area contributed by atoms with Crippen LogP contribution in [-0.2, 0) is 13.6 Å². The van der Waals surface area contributed by atoms with Gasteiger partial charge in [-0.3, -0.25) is 9.58 Å². The maximum Gasteiger partial charge on any atom is 0.0564 e. The van der Waals surface area contributed by atoms with E-state index in [0.717, 1.165) is 6.54 Å². The van der Waals surface area contributed by atoms with Gasteiger partial charge in [0.15, 0.2) is 0 Å². The normalized spacial score (nSPS) is 13.2. The Bertz CT molecular complexity index is 503. The molecule has 0 aliphatic carbocycles. The van der Waals surface area contributed by atoms with Gasteiger partial charge in [-0.05, 0) is 26.1 Å². The highest BCUT2D eigenvalue weighted by molar-refractivity contribution is 7.12. The Kier molecular flexibility index (Phi) is 4.16. The summed E-state index contributed by atoms with van der Waals surface area (Å²) in [6.07, 6.45) is 3.95. The van der Waals surface area contributed by atoms with E-state index in [2.05, 4.69) is 36.1 Å². The summed E-state index contributed by atoms with van der Waals surface area (Å²) in [5, 5.41) is 4.19. The lowest BCUT2D eigenvalue weighted by Gasteiger charge is -2.25. The molecule has 5 heteroatoms. The van der Waals surface area contributed by atoms with Crippen LogP contribution in [0.15, 0.2) is 24.5 Å². The van der Waals surface area contributed by atoms with Gasteiger partial charge in [-0.1, -0.05) is 0 Å². The molecule has 1 unspecified atom stereocenters. The summed E-state index contributed by atoms with van der Waals surface area (Å²) in [5.74, 6) is 0. The largest absolute Gasteiger partial charge is 0.329 e. The average Bonchev–Trinajstić information content (AvgIpc) is 2.89. The fraction of sp³-hybridized carbons (Fsp3) is 0.462. The lowest BCUT2D eigenvalue weighted by molar-refractivity contribution is 0.245. The number of aryl methyl sites for hydroxylation is 2. The topological polar surface area (TPSA) is 47.1 Å². The summed E-state index contributed by atoms with van der Waals surface area (Å²) < 4.78 is 1.83. The molecular formula is C13H20N4S. The van der Waals surface area contributed by atoms with Crippen molar-refractivity contribution in [1.29, 1.82) is 0 Å². The molecule has 2 aromatic heterocycles. The van der Waals surface area contributed by atoms with Crippen molar-refractivity contribution in [2.75, 3.05) is 13.6 Å². The molecule has 0 saturated heterocycles. The molecule has 18 heavy (non-hydrogen) atoms. The van der Waals surface area contributed by atoms with Crippen LogP contribution in [0.1, 0.15) is 21.4 Å². The standard InChI is InChI=1S/C13H20N4S/c1-10-4-5-13(18-10)12(6-14)16(2)8-11-7-15-17(3)9-11/h4-5,7,9,12H,6,8,14H2,1-3H3. The highest BCUT2D eigenvalue weighted by atomic mass is 32.1. The first kappa shape index (κ1) is 13.3. The van der Waals surface area contributed by atoms with Crippen LogP contribution in [0.2, 0.25) is 0 Å². The molecular weight excluding hydrogens is 244 g/mol. The predicted molar refractivity (Wildman–Crippen MR) is 75.5 cm³/mol. The Morgan fingerprint density at radius 1 is 1.50 bits per heavy atom. The maximum atomic E-state index is 5.92. The van der Waals surface area contributed by atoms with Gasteiger partial charge in [0.05, 0.1) is 12.2 Å². The third-order valence-corrected chi connectivity index (χ3v) is 4.14. The minimum Gasteiger partial charge on any atom is -0.329 e. The highest BCUT2D eigenvalue weighted by Crippen LogP contribution is 2.26. The third kappa shape index (κ3) is 2.98. The molecule has 0 amide bonds. The molecule has 2 N–H and O–H groups in total. The summed E-state index contributed by atoms with van der Waals surface area (Å²) in [5.41, 5.74) is 7.13. The van der Waals surface area contributed by atoms with E-state index in [9.17, 15) is 0 Å². The second kappa shape index (κ2) is 5.65. The van der Waals surface area contributed by atoms with E-state index in [-0.39, 0.29) is 6.04 Å². The van der Waals surface area contributed by atoms with Gasteiger partial charge in [0.1, 0.15) is 0 Å². The first-order chi connectivity index (χ1) is 8.60. The quantitative estimate of drug-likeness (QED) is 0.897. The van der Waals surface area contributed by atoms with Gasteiger partial charge in [-0.2, -0.15) is 5.10 Å². The van der Waals surface area contributed by atoms with Crippen molar-refractivity contribution < 1.29 is 0 Å². The summed E-state index contributed by atoms with van der Waals surface area (Å²) >= 11 is 1.82. The van der Waals surface area contributed by atoms with Crippen molar-refractivity contribution in [1.82, 2.24) is 14.7 Å².